The molecule has 1 rings (SSSR count). The summed E-state index contributed by atoms with van der Waals surface area (Å²) in [7, 11) is 0. The van der Waals surface area contributed by atoms with E-state index in [9.17, 15) is 9.59 Å². The summed E-state index contributed by atoms with van der Waals surface area (Å²) in [5.74, 6) is -0.938. The molecule has 0 bridgehead atoms. The number of aldehydes is 1. The van der Waals surface area contributed by atoms with Crippen molar-refractivity contribution in [2.45, 2.75) is 25.7 Å². The van der Waals surface area contributed by atoms with Gasteiger partial charge >= 0.3 is 5.97 Å². The zero-order chi connectivity index (χ0) is 8.27. The predicted octanol–water partition coefficient (Wildman–Crippen LogP) is 1.14. The van der Waals surface area contributed by atoms with E-state index in [1.165, 1.54) is 0 Å². The van der Waals surface area contributed by atoms with Gasteiger partial charge in [-0.2, -0.15) is 0 Å². The molecule has 0 aliphatic heterocycles. The van der Waals surface area contributed by atoms with Gasteiger partial charge in [0.25, 0.3) is 0 Å². The summed E-state index contributed by atoms with van der Waals surface area (Å²) >= 11 is 0. The number of hydrogen-bond donors (Lipinski definition) is 1. The highest BCUT2D eigenvalue weighted by molar-refractivity contribution is 5.94. The van der Waals surface area contributed by atoms with E-state index in [0.717, 1.165) is 12.8 Å². The normalized spacial score (nSPS) is 18.2. The van der Waals surface area contributed by atoms with Crippen molar-refractivity contribution in [1.82, 2.24) is 0 Å². The molecule has 0 spiro atoms. The molecule has 1 aliphatic rings. The third-order valence-electron chi connectivity index (χ3n) is 1.91. The molecule has 1 N–H and O–H groups in total. The highest BCUT2D eigenvalue weighted by Gasteiger charge is 2.17. The van der Waals surface area contributed by atoms with Gasteiger partial charge in [0.05, 0.1) is 0 Å². The highest BCUT2D eigenvalue weighted by Crippen LogP contribution is 2.23. The molecule has 60 valence electrons. The van der Waals surface area contributed by atoms with Crippen LogP contribution >= 0.6 is 0 Å². The molecule has 11 heavy (non-hydrogen) atoms. The van der Waals surface area contributed by atoms with E-state index < -0.39 is 5.97 Å². The number of hydrogen-bond acceptors (Lipinski definition) is 2. The van der Waals surface area contributed by atoms with E-state index in [1.54, 1.807) is 0 Å². The van der Waals surface area contributed by atoms with E-state index in [-0.39, 0.29) is 0 Å². The van der Waals surface area contributed by atoms with Crippen LogP contribution < -0.4 is 0 Å². The molecule has 0 atom stereocenters. The first-order valence-electron chi connectivity index (χ1n) is 3.66. The molecule has 0 saturated heterocycles. The van der Waals surface area contributed by atoms with Crippen LogP contribution in [0.15, 0.2) is 11.1 Å². The monoisotopic (exact) mass is 154 g/mol. The number of rotatable bonds is 2. The zero-order valence-corrected chi connectivity index (χ0v) is 6.17. The van der Waals surface area contributed by atoms with Gasteiger partial charge < -0.3 is 5.11 Å². The van der Waals surface area contributed by atoms with E-state index in [4.69, 9.17) is 5.11 Å². The lowest BCUT2D eigenvalue weighted by atomic mass is 9.93. The Bertz CT molecular complexity index is 215. The standard InChI is InChI=1S/C8H10O3/c9-5-6-3-1-2-4-7(6)8(10)11/h5H,1-4H2,(H,10,11). The number of allylic oxidation sites excluding steroid dienone is 1. The van der Waals surface area contributed by atoms with Crippen LogP contribution in [0.5, 0.6) is 0 Å². The van der Waals surface area contributed by atoms with Gasteiger partial charge in [-0.15, -0.1) is 0 Å². The summed E-state index contributed by atoms with van der Waals surface area (Å²) in [6.45, 7) is 0. The smallest absolute Gasteiger partial charge is 0.331 e. The van der Waals surface area contributed by atoms with Crippen molar-refractivity contribution >= 4 is 12.3 Å². The maximum atomic E-state index is 10.5. The van der Waals surface area contributed by atoms with Crippen LogP contribution in [0.1, 0.15) is 25.7 Å². The van der Waals surface area contributed by atoms with E-state index in [1.807, 2.05) is 0 Å². The molecule has 1 aliphatic carbocycles. The van der Waals surface area contributed by atoms with E-state index >= 15 is 0 Å². The van der Waals surface area contributed by atoms with Gasteiger partial charge in [0, 0.05) is 11.1 Å². The van der Waals surface area contributed by atoms with Crippen LogP contribution in [0.4, 0.5) is 0 Å². The molecule has 0 radical (unpaired) electrons. The molecule has 3 heteroatoms. The molecular formula is C8H10O3. The molecule has 0 aromatic rings. The first kappa shape index (κ1) is 7.98. The average Bonchev–Trinajstić information content (AvgIpc) is 2.04. The Kier molecular flexibility index (Phi) is 2.41. The van der Waals surface area contributed by atoms with Crippen molar-refractivity contribution in [2.24, 2.45) is 0 Å². The van der Waals surface area contributed by atoms with Gasteiger partial charge in [0.15, 0.2) is 0 Å². The number of carboxylic acids is 1. The van der Waals surface area contributed by atoms with Crippen molar-refractivity contribution < 1.29 is 14.7 Å². The van der Waals surface area contributed by atoms with Crippen molar-refractivity contribution in [1.29, 1.82) is 0 Å². The molecule has 3 nitrogen and oxygen atoms in total. The summed E-state index contributed by atoms with van der Waals surface area (Å²) in [6.07, 6.45) is 3.67. The fraction of sp³-hybridized carbons (Fsp3) is 0.500. The van der Waals surface area contributed by atoms with Crippen LogP contribution in [0, 0.1) is 0 Å². The lowest BCUT2D eigenvalue weighted by Crippen LogP contribution is -2.09. The number of carboxylic acid groups (broad SMARTS) is 1. The first-order chi connectivity index (χ1) is 5.25. The molecule has 0 heterocycles. The molecular weight excluding hydrogens is 144 g/mol. The number of carbonyl (C=O) groups is 2. The topological polar surface area (TPSA) is 54.4 Å². The maximum Gasteiger partial charge on any atom is 0.331 e. The Labute approximate surface area is 64.7 Å². The number of carbonyl (C=O) groups excluding carboxylic acids is 1. The molecule has 0 unspecified atom stereocenters. The summed E-state index contributed by atoms with van der Waals surface area (Å²) < 4.78 is 0. The van der Waals surface area contributed by atoms with Gasteiger partial charge in [-0.1, -0.05) is 0 Å². The fourth-order valence-corrected chi connectivity index (χ4v) is 1.30. The summed E-state index contributed by atoms with van der Waals surface area (Å²) in [5.41, 5.74) is 0.787. The van der Waals surface area contributed by atoms with Crippen LogP contribution in [0.3, 0.4) is 0 Å². The minimum absolute atomic E-state index is 0.311. The second kappa shape index (κ2) is 3.32. The van der Waals surface area contributed by atoms with Crippen LogP contribution in [-0.2, 0) is 9.59 Å². The lowest BCUT2D eigenvalue weighted by Gasteiger charge is -2.12. The van der Waals surface area contributed by atoms with E-state index in [0.29, 0.717) is 30.3 Å². The highest BCUT2D eigenvalue weighted by atomic mass is 16.4. The first-order valence-corrected chi connectivity index (χ1v) is 3.66. The van der Waals surface area contributed by atoms with E-state index in [2.05, 4.69) is 0 Å². The fourth-order valence-electron chi connectivity index (χ4n) is 1.30. The Hall–Kier alpha value is -1.12. The summed E-state index contributed by atoms with van der Waals surface area (Å²) in [4.78, 5) is 20.9. The molecule has 0 amide bonds. The molecule has 0 saturated carbocycles. The Morgan fingerprint density at radius 2 is 2.00 bits per heavy atom. The average molecular weight is 154 g/mol. The second-order valence-corrected chi connectivity index (χ2v) is 2.63. The Balaban J connectivity index is 2.90. The minimum Gasteiger partial charge on any atom is -0.478 e. The van der Waals surface area contributed by atoms with Gasteiger partial charge in [-0.25, -0.2) is 4.79 Å². The second-order valence-electron chi connectivity index (χ2n) is 2.63. The van der Waals surface area contributed by atoms with Crippen LogP contribution in [-0.4, -0.2) is 17.4 Å². The SMILES string of the molecule is O=CC1=C(C(=O)O)CCCC1. The van der Waals surface area contributed by atoms with Gasteiger partial charge in [-0.3, -0.25) is 4.79 Å². The summed E-state index contributed by atoms with van der Waals surface area (Å²) in [5, 5.41) is 8.62. The predicted molar refractivity (Wildman–Crippen MR) is 39.2 cm³/mol. The Morgan fingerprint density at radius 1 is 1.36 bits per heavy atom. The lowest BCUT2D eigenvalue weighted by molar-refractivity contribution is -0.133. The maximum absolute atomic E-state index is 10.5. The zero-order valence-electron chi connectivity index (χ0n) is 6.17. The van der Waals surface area contributed by atoms with Gasteiger partial charge in [-0.05, 0) is 25.7 Å². The minimum atomic E-state index is -0.938. The Morgan fingerprint density at radius 3 is 2.45 bits per heavy atom. The van der Waals surface area contributed by atoms with Crippen LogP contribution in [0.25, 0.3) is 0 Å². The third kappa shape index (κ3) is 1.67. The summed E-state index contributed by atoms with van der Waals surface area (Å²) in [6, 6.07) is 0. The van der Waals surface area contributed by atoms with Crippen molar-refractivity contribution in [3.05, 3.63) is 11.1 Å². The largest absolute Gasteiger partial charge is 0.478 e. The van der Waals surface area contributed by atoms with Crippen molar-refractivity contribution in [2.75, 3.05) is 0 Å². The van der Waals surface area contributed by atoms with Gasteiger partial charge in [0.2, 0.25) is 0 Å². The van der Waals surface area contributed by atoms with Gasteiger partial charge in [0.1, 0.15) is 6.29 Å². The molecule has 0 fully saturated rings. The van der Waals surface area contributed by atoms with Crippen molar-refractivity contribution in [3.8, 4) is 0 Å². The number of aliphatic carboxylic acids is 1. The third-order valence-corrected chi connectivity index (χ3v) is 1.91. The van der Waals surface area contributed by atoms with Crippen LogP contribution in [0.2, 0.25) is 0 Å². The van der Waals surface area contributed by atoms with Crippen molar-refractivity contribution in [3.63, 3.8) is 0 Å². The molecule has 0 aromatic heterocycles. The molecule has 0 aromatic carbocycles. The quantitative estimate of drug-likeness (QED) is 0.607.